The lowest BCUT2D eigenvalue weighted by Crippen LogP contribution is -2.34. The number of rotatable bonds is 4. The van der Waals surface area contributed by atoms with Gasteiger partial charge in [-0.2, -0.15) is 0 Å². The van der Waals surface area contributed by atoms with E-state index in [2.05, 4.69) is 51.6 Å². The number of aliphatic hydroxyl groups is 1. The highest BCUT2D eigenvalue weighted by molar-refractivity contribution is 5.51. The zero-order chi connectivity index (χ0) is 16.4. The van der Waals surface area contributed by atoms with Crippen molar-refractivity contribution in [2.75, 3.05) is 29.9 Å². The van der Waals surface area contributed by atoms with Gasteiger partial charge in [-0.15, -0.1) is 0 Å². The minimum Gasteiger partial charge on any atom is -0.396 e. The van der Waals surface area contributed by atoms with Crippen LogP contribution >= 0.6 is 0 Å². The first-order chi connectivity index (χ1) is 11.8. The lowest BCUT2D eigenvalue weighted by molar-refractivity contribution is 0.203. The highest BCUT2D eigenvalue weighted by Gasteiger charge is 2.22. The van der Waals surface area contributed by atoms with Crippen LogP contribution in [0.25, 0.3) is 0 Å². The molecule has 1 aliphatic heterocycles. The van der Waals surface area contributed by atoms with Gasteiger partial charge in [0.15, 0.2) is 0 Å². The smallest absolute Gasteiger partial charge is 0.126 e. The van der Waals surface area contributed by atoms with Gasteiger partial charge in [-0.05, 0) is 54.9 Å². The van der Waals surface area contributed by atoms with Crippen molar-refractivity contribution in [3.63, 3.8) is 0 Å². The van der Waals surface area contributed by atoms with Gasteiger partial charge in [0.1, 0.15) is 5.82 Å². The maximum Gasteiger partial charge on any atom is 0.126 e. The second kappa shape index (κ2) is 6.81. The lowest BCUT2D eigenvalue weighted by Gasteiger charge is -2.32. The monoisotopic (exact) mass is 323 g/mol. The van der Waals surface area contributed by atoms with E-state index >= 15 is 0 Å². The van der Waals surface area contributed by atoms with Crippen molar-refractivity contribution in [2.24, 2.45) is 5.92 Å². The van der Waals surface area contributed by atoms with Crippen molar-refractivity contribution < 1.29 is 5.11 Å². The van der Waals surface area contributed by atoms with Crippen molar-refractivity contribution in [3.05, 3.63) is 53.7 Å². The number of piperidine rings is 1. The van der Waals surface area contributed by atoms with Crippen LogP contribution in [0, 0.1) is 5.92 Å². The van der Waals surface area contributed by atoms with E-state index in [1.165, 1.54) is 16.8 Å². The molecule has 0 amide bonds. The summed E-state index contributed by atoms with van der Waals surface area (Å²) in [5, 5.41) is 12.8. The zero-order valence-corrected chi connectivity index (χ0v) is 14.0. The molecule has 2 heterocycles. The predicted octanol–water partition coefficient (Wildman–Crippen LogP) is 3.39. The molecule has 0 saturated carbocycles. The number of pyridine rings is 1. The average Bonchev–Trinajstić information content (AvgIpc) is 3.06. The molecule has 4 rings (SSSR count). The molecule has 2 aromatic rings. The summed E-state index contributed by atoms with van der Waals surface area (Å²) >= 11 is 0. The van der Waals surface area contributed by atoms with Crippen molar-refractivity contribution in [2.45, 2.75) is 31.7 Å². The SMILES string of the molecule is OCC1CCN(c2ccc(N[C@H]3CCc4ccccc43)nc2)CC1. The summed E-state index contributed by atoms with van der Waals surface area (Å²) < 4.78 is 0. The van der Waals surface area contributed by atoms with E-state index in [1.54, 1.807) is 0 Å². The number of aliphatic hydroxyl groups excluding tert-OH is 1. The number of hydrogen-bond donors (Lipinski definition) is 2. The number of anilines is 2. The Bertz CT molecular complexity index is 678. The highest BCUT2D eigenvalue weighted by Crippen LogP contribution is 2.33. The third-order valence-electron chi connectivity index (χ3n) is 5.44. The number of nitrogens with one attached hydrogen (secondary N) is 1. The Balaban J connectivity index is 1.40. The number of hydrogen-bond acceptors (Lipinski definition) is 4. The molecule has 126 valence electrons. The van der Waals surface area contributed by atoms with Gasteiger partial charge in [0.25, 0.3) is 0 Å². The van der Waals surface area contributed by atoms with E-state index in [9.17, 15) is 5.11 Å². The van der Waals surface area contributed by atoms with Crippen LogP contribution in [0.1, 0.15) is 36.4 Å². The molecule has 0 radical (unpaired) electrons. The van der Waals surface area contributed by atoms with Gasteiger partial charge in [0, 0.05) is 19.7 Å². The van der Waals surface area contributed by atoms with Crippen molar-refractivity contribution in [3.8, 4) is 0 Å². The molecule has 24 heavy (non-hydrogen) atoms. The van der Waals surface area contributed by atoms with Crippen LogP contribution in [-0.4, -0.2) is 29.8 Å². The second-order valence-electron chi connectivity index (χ2n) is 6.95. The van der Waals surface area contributed by atoms with Crippen LogP contribution in [-0.2, 0) is 6.42 Å². The number of fused-ring (bicyclic) bond motifs is 1. The molecule has 0 unspecified atom stereocenters. The summed E-state index contributed by atoms with van der Waals surface area (Å²) in [5.74, 6) is 1.42. The number of nitrogens with zero attached hydrogens (tertiary/aromatic N) is 2. The number of aromatic nitrogens is 1. The zero-order valence-electron chi connectivity index (χ0n) is 14.0. The minimum atomic E-state index is 0.317. The molecule has 0 spiro atoms. The van der Waals surface area contributed by atoms with E-state index in [4.69, 9.17) is 0 Å². The first-order valence-corrected chi connectivity index (χ1v) is 8.99. The molecule has 1 atom stereocenters. The number of aryl methyl sites for hydroxylation is 1. The normalized spacial score (nSPS) is 20.9. The van der Waals surface area contributed by atoms with Gasteiger partial charge in [0.2, 0.25) is 0 Å². The highest BCUT2D eigenvalue weighted by atomic mass is 16.3. The number of benzene rings is 1. The van der Waals surface area contributed by atoms with Crippen LogP contribution in [0.15, 0.2) is 42.6 Å². The van der Waals surface area contributed by atoms with E-state index in [1.807, 2.05) is 6.20 Å². The summed E-state index contributed by atoms with van der Waals surface area (Å²) in [4.78, 5) is 7.00. The van der Waals surface area contributed by atoms with Crippen LogP contribution < -0.4 is 10.2 Å². The maximum absolute atomic E-state index is 9.25. The third kappa shape index (κ3) is 3.11. The Morgan fingerprint density at radius 2 is 1.92 bits per heavy atom. The molecule has 1 aliphatic carbocycles. The third-order valence-corrected chi connectivity index (χ3v) is 5.44. The van der Waals surface area contributed by atoms with Crippen LogP contribution in [0.2, 0.25) is 0 Å². The molecular weight excluding hydrogens is 298 g/mol. The summed E-state index contributed by atoms with van der Waals surface area (Å²) in [6.45, 7) is 2.34. The van der Waals surface area contributed by atoms with Gasteiger partial charge in [-0.3, -0.25) is 0 Å². The molecule has 4 nitrogen and oxygen atoms in total. The molecular formula is C20H25N3O. The molecule has 2 aliphatic rings. The Morgan fingerprint density at radius 3 is 2.67 bits per heavy atom. The maximum atomic E-state index is 9.25. The largest absolute Gasteiger partial charge is 0.396 e. The fourth-order valence-corrected chi connectivity index (χ4v) is 3.92. The fraction of sp³-hybridized carbons (Fsp3) is 0.450. The summed E-state index contributed by atoms with van der Waals surface area (Å²) in [6.07, 6.45) is 6.39. The van der Waals surface area contributed by atoms with Gasteiger partial charge < -0.3 is 15.3 Å². The lowest BCUT2D eigenvalue weighted by atomic mass is 9.98. The van der Waals surface area contributed by atoms with Crippen LogP contribution in [0.3, 0.4) is 0 Å². The summed E-state index contributed by atoms with van der Waals surface area (Å²) in [7, 11) is 0. The second-order valence-corrected chi connectivity index (χ2v) is 6.95. The van der Waals surface area contributed by atoms with Gasteiger partial charge in [-0.25, -0.2) is 4.98 Å². The Morgan fingerprint density at radius 1 is 1.08 bits per heavy atom. The quantitative estimate of drug-likeness (QED) is 0.905. The van der Waals surface area contributed by atoms with Gasteiger partial charge in [-0.1, -0.05) is 24.3 Å². The molecule has 1 aromatic carbocycles. The minimum absolute atomic E-state index is 0.317. The molecule has 1 saturated heterocycles. The molecule has 0 bridgehead atoms. The Hall–Kier alpha value is -2.07. The van der Waals surface area contributed by atoms with Crippen LogP contribution in [0.5, 0.6) is 0 Å². The topological polar surface area (TPSA) is 48.4 Å². The van der Waals surface area contributed by atoms with E-state index in [0.717, 1.165) is 44.6 Å². The van der Waals surface area contributed by atoms with E-state index in [0.29, 0.717) is 18.6 Å². The van der Waals surface area contributed by atoms with Crippen molar-refractivity contribution >= 4 is 11.5 Å². The fourth-order valence-electron chi connectivity index (χ4n) is 3.92. The predicted molar refractivity (Wildman–Crippen MR) is 97.4 cm³/mol. The molecule has 1 aromatic heterocycles. The Labute approximate surface area is 143 Å². The van der Waals surface area contributed by atoms with Crippen molar-refractivity contribution in [1.82, 2.24) is 4.98 Å². The Kier molecular flexibility index (Phi) is 4.39. The molecule has 2 N–H and O–H groups in total. The van der Waals surface area contributed by atoms with Gasteiger partial charge >= 0.3 is 0 Å². The van der Waals surface area contributed by atoms with Crippen LogP contribution in [0.4, 0.5) is 11.5 Å². The molecule has 4 heteroatoms. The average molecular weight is 323 g/mol. The first-order valence-electron chi connectivity index (χ1n) is 8.99. The van der Waals surface area contributed by atoms with Gasteiger partial charge in [0.05, 0.1) is 17.9 Å². The van der Waals surface area contributed by atoms with Crippen molar-refractivity contribution in [1.29, 1.82) is 0 Å². The standard InChI is InChI=1S/C20H25N3O/c24-14-15-9-11-23(12-10-15)17-6-8-20(21-13-17)22-19-7-5-16-3-1-2-4-18(16)19/h1-4,6,8,13,15,19,24H,5,7,9-12,14H2,(H,21,22)/t19-/m0/s1. The molecule has 1 fully saturated rings. The van der Waals surface area contributed by atoms with E-state index in [-0.39, 0.29) is 0 Å². The van der Waals surface area contributed by atoms with E-state index < -0.39 is 0 Å². The summed E-state index contributed by atoms with van der Waals surface area (Å²) in [5.41, 5.74) is 4.05. The first kappa shape index (κ1) is 15.5. The summed E-state index contributed by atoms with van der Waals surface area (Å²) in [6, 6.07) is 13.3.